The largest absolute Gasteiger partial charge is 0.378 e. The lowest BCUT2D eigenvalue weighted by molar-refractivity contribution is 0.122. The minimum atomic E-state index is 0.802. The van der Waals surface area contributed by atoms with E-state index in [-0.39, 0.29) is 0 Å². The van der Waals surface area contributed by atoms with Gasteiger partial charge in [0.15, 0.2) is 0 Å². The van der Waals surface area contributed by atoms with Gasteiger partial charge in [-0.3, -0.25) is 10.1 Å². The van der Waals surface area contributed by atoms with Crippen LogP contribution in [0.15, 0.2) is 36.5 Å². The Labute approximate surface area is 128 Å². The second-order valence-electron chi connectivity index (χ2n) is 5.55. The van der Waals surface area contributed by atoms with Crippen molar-refractivity contribution in [3.05, 3.63) is 42.2 Å². The number of hydrogen-bond acceptors (Lipinski definition) is 4. The number of rotatable bonds is 2. The van der Waals surface area contributed by atoms with E-state index in [2.05, 4.69) is 44.3 Å². The number of nitrogens with zero attached hydrogens (tertiary/aromatic N) is 3. The summed E-state index contributed by atoms with van der Waals surface area (Å²) >= 11 is 0. The molecule has 4 rings (SSSR count). The van der Waals surface area contributed by atoms with Crippen LogP contribution in [-0.4, -0.2) is 41.5 Å². The zero-order valence-electron chi connectivity index (χ0n) is 12.5. The van der Waals surface area contributed by atoms with Gasteiger partial charge in [0.05, 0.1) is 24.4 Å². The number of morpholine rings is 1. The van der Waals surface area contributed by atoms with E-state index in [1.54, 1.807) is 0 Å². The summed E-state index contributed by atoms with van der Waals surface area (Å²) in [6.07, 6.45) is 1.81. The average molecular weight is 294 g/mol. The van der Waals surface area contributed by atoms with Crippen molar-refractivity contribution in [1.82, 2.24) is 15.2 Å². The Bertz CT molecular complexity index is 788. The maximum absolute atomic E-state index is 5.40. The number of pyridine rings is 1. The summed E-state index contributed by atoms with van der Waals surface area (Å²) in [4.78, 5) is 6.91. The van der Waals surface area contributed by atoms with Crippen LogP contribution < -0.4 is 4.90 Å². The summed E-state index contributed by atoms with van der Waals surface area (Å²) in [5.74, 6) is 0. The normalized spacial score (nSPS) is 15.4. The lowest BCUT2D eigenvalue weighted by Gasteiger charge is -2.28. The SMILES string of the molecule is Cc1[nH]nc2ccnc(-c3ccc(N4CCOCC4)cc3)c12. The van der Waals surface area contributed by atoms with Crippen molar-refractivity contribution in [3.63, 3.8) is 0 Å². The van der Waals surface area contributed by atoms with E-state index in [0.29, 0.717) is 0 Å². The molecule has 1 aliphatic rings. The molecule has 22 heavy (non-hydrogen) atoms. The van der Waals surface area contributed by atoms with E-state index in [1.165, 1.54) is 5.69 Å². The first-order valence-corrected chi connectivity index (χ1v) is 7.56. The highest BCUT2D eigenvalue weighted by Crippen LogP contribution is 2.29. The van der Waals surface area contributed by atoms with Gasteiger partial charge >= 0.3 is 0 Å². The van der Waals surface area contributed by atoms with Gasteiger partial charge in [0.1, 0.15) is 0 Å². The smallest absolute Gasteiger partial charge is 0.0960 e. The van der Waals surface area contributed by atoms with Gasteiger partial charge in [-0.25, -0.2) is 0 Å². The standard InChI is InChI=1S/C17H18N4O/c1-12-16-15(20-19-12)6-7-18-17(16)13-2-4-14(5-3-13)21-8-10-22-11-9-21/h2-7H,8-11H2,1H3,(H,19,20). The van der Waals surface area contributed by atoms with Crippen molar-refractivity contribution < 1.29 is 4.74 Å². The number of aryl methyl sites for hydroxylation is 1. The van der Waals surface area contributed by atoms with Gasteiger partial charge in [-0.05, 0) is 25.1 Å². The van der Waals surface area contributed by atoms with Crippen LogP contribution in [0.2, 0.25) is 0 Å². The summed E-state index contributed by atoms with van der Waals surface area (Å²) < 4.78 is 5.40. The molecule has 5 nitrogen and oxygen atoms in total. The van der Waals surface area contributed by atoms with Gasteiger partial charge in [0.2, 0.25) is 0 Å². The van der Waals surface area contributed by atoms with Crippen LogP contribution >= 0.6 is 0 Å². The fraction of sp³-hybridized carbons (Fsp3) is 0.294. The van der Waals surface area contributed by atoms with E-state index in [9.17, 15) is 0 Å². The van der Waals surface area contributed by atoms with Gasteiger partial charge in [-0.1, -0.05) is 12.1 Å². The van der Waals surface area contributed by atoms with Crippen LogP contribution in [0.5, 0.6) is 0 Å². The predicted molar refractivity (Wildman–Crippen MR) is 87.1 cm³/mol. The predicted octanol–water partition coefficient (Wildman–Crippen LogP) is 2.77. The quantitative estimate of drug-likeness (QED) is 0.789. The van der Waals surface area contributed by atoms with E-state index >= 15 is 0 Å². The zero-order chi connectivity index (χ0) is 14.9. The Morgan fingerprint density at radius 2 is 1.86 bits per heavy atom. The number of fused-ring (bicyclic) bond motifs is 1. The number of ether oxygens (including phenoxy) is 1. The van der Waals surface area contributed by atoms with Crippen molar-refractivity contribution in [2.45, 2.75) is 6.92 Å². The van der Waals surface area contributed by atoms with Crippen LogP contribution in [0.1, 0.15) is 5.69 Å². The monoisotopic (exact) mass is 294 g/mol. The van der Waals surface area contributed by atoms with Crippen LogP contribution in [0.25, 0.3) is 22.2 Å². The molecule has 0 bridgehead atoms. The molecule has 0 amide bonds. The molecule has 1 aliphatic heterocycles. The van der Waals surface area contributed by atoms with Crippen molar-refractivity contribution in [2.24, 2.45) is 0 Å². The Kier molecular flexibility index (Phi) is 3.27. The minimum Gasteiger partial charge on any atom is -0.378 e. The first-order chi connectivity index (χ1) is 10.8. The van der Waals surface area contributed by atoms with Crippen LogP contribution in [-0.2, 0) is 4.74 Å². The summed E-state index contributed by atoms with van der Waals surface area (Å²) in [6.45, 7) is 5.54. The van der Waals surface area contributed by atoms with E-state index in [1.807, 2.05) is 19.2 Å². The van der Waals surface area contributed by atoms with Crippen molar-refractivity contribution in [2.75, 3.05) is 31.2 Å². The van der Waals surface area contributed by atoms with Gasteiger partial charge in [-0.15, -0.1) is 0 Å². The Balaban J connectivity index is 1.71. The number of nitrogens with one attached hydrogen (secondary N) is 1. The molecule has 2 aromatic heterocycles. The molecule has 5 heteroatoms. The zero-order valence-corrected chi connectivity index (χ0v) is 12.5. The first kappa shape index (κ1) is 13.3. The molecule has 112 valence electrons. The Morgan fingerprint density at radius 1 is 1.09 bits per heavy atom. The highest BCUT2D eigenvalue weighted by atomic mass is 16.5. The second-order valence-corrected chi connectivity index (χ2v) is 5.55. The molecule has 0 unspecified atom stereocenters. The number of benzene rings is 1. The van der Waals surface area contributed by atoms with Crippen LogP contribution in [0.4, 0.5) is 5.69 Å². The van der Waals surface area contributed by atoms with Crippen molar-refractivity contribution in [3.8, 4) is 11.3 Å². The highest BCUT2D eigenvalue weighted by Gasteiger charge is 2.13. The number of H-pyrrole nitrogens is 1. The number of hydrogen-bond donors (Lipinski definition) is 1. The molecular formula is C17H18N4O. The maximum Gasteiger partial charge on any atom is 0.0960 e. The molecule has 1 saturated heterocycles. The molecule has 0 radical (unpaired) electrons. The lowest BCUT2D eigenvalue weighted by atomic mass is 10.1. The molecule has 1 N–H and O–H groups in total. The van der Waals surface area contributed by atoms with Crippen LogP contribution in [0, 0.1) is 6.92 Å². The molecule has 1 aromatic carbocycles. The molecule has 0 atom stereocenters. The Hall–Kier alpha value is -2.40. The van der Waals surface area contributed by atoms with Crippen molar-refractivity contribution in [1.29, 1.82) is 0 Å². The van der Waals surface area contributed by atoms with E-state index < -0.39 is 0 Å². The summed E-state index contributed by atoms with van der Waals surface area (Å²) in [7, 11) is 0. The van der Waals surface area contributed by atoms with Gasteiger partial charge in [0, 0.05) is 41.6 Å². The molecule has 3 aromatic rings. The number of aromatic nitrogens is 3. The van der Waals surface area contributed by atoms with E-state index in [4.69, 9.17) is 4.74 Å². The fourth-order valence-corrected chi connectivity index (χ4v) is 2.98. The van der Waals surface area contributed by atoms with Gasteiger partial charge < -0.3 is 9.64 Å². The first-order valence-electron chi connectivity index (χ1n) is 7.56. The lowest BCUT2D eigenvalue weighted by Crippen LogP contribution is -2.36. The van der Waals surface area contributed by atoms with Crippen LogP contribution in [0.3, 0.4) is 0 Å². The highest BCUT2D eigenvalue weighted by molar-refractivity contribution is 5.94. The third kappa shape index (κ3) is 2.23. The van der Waals surface area contributed by atoms with Gasteiger partial charge in [0.25, 0.3) is 0 Å². The molecule has 0 aliphatic carbocycles. The summed E-state index contributed by atoms with van der Waals surface area (Å²) in [5.41, 5.74) is 5.35. The maximum atomic E-state index is 5.40. The van der Waals surface area contributed by atoms with Crippen molar-refractivity contribution >= 4 is 16.6 Å². The second kappa shape index (κ2) is 5.42. The Morgan fingerprint density at radius 3 is 2.64 bits per heavy atom. The number of aromatic amines is 1. The summed E-state index contributed by atoms with van der Waals surface area (Å²) in [5, 5.41) is 8.44. The van der Waals surface area contributed by atoms with E-state index in [0.717, 1.165) is 54.2 Å². The third-order valence-corrected chi connectivity index (χ3v) is 4.17. The fourth-order valence-electron chi connectivity index (χ4n) is 2.98. The summed E-state index contributed by atoms with van der Waals surface area (Å²) in [6, 6.07) is 10.5. The van der Waals surface area contributed by atoms with Gasteiger partial charge in [-0.2, -0.15) is 5.10 Å². The topological polar surface area (TPSA) is 54.0 Å². The minimum absolute atomic E-state index is 0.802. The number of anilines is 1. The molecule has 0 saturated carbocycles. The molecule has 0 spiro atoms. The average Bonchev–Trinajstić information content (AvgIpc) is 2.97. The third-order valence-electron chi connectivity index (χ3n) is 4.17. The molecule has 1 fully saturated rings. The molecule has 3 heterocycles. The molecular weight excluding hydrogens is 276 g/mol.